The molecular weight excluding hydrogens is 306 g/mol. The highest BCUT2D eigenvalue weighted by Crippen LogP contribution is 2.27. The Morgan fingerprint density at radius 2 is 2.00 bits per heavy atom. The molecule has 0 aliphatic carbocycles. The van der Waals surface area contributed by atoms with Crippen LogP contribution in [0.1, 0.15) is 26.7 Å². The van der Waals surface area contributed by atoms with Gasteiger partial charge < -0.3 is 9.84 Å². The van der Waals surface area contributed by atoms with Crippen LogP contribution in [0.4, 0.5) is 0 Å². The summed E-state index contributed by atoms with van der Waals surface area (Å²) in [6, 6.07) is 5.15. The molecule has 22 heavy (non-hydrogen) atoms. The van der Waals surface area contributed by atoms with E-state index in [0.717, 1.165) is 4.31 Å². The average molecular weight is 327 g/mol. The van der Waals surface area contributed by atoms with Crippen molar-refractivity contribution < 1.29 is 23.1 Å². The van der Waals surface area contributed by atoms with Crippen LogP contribution in [-0.2, 0) is 14.8 Å². The van der Waals surface area contributed by atoms with E-state index in [1.165, 1.54) is 12.1 Å². The molecule has 122 valence electrons. The van der Waals surface area contributed by atoms with Crippen molar-refractivity contribution in [2.24, 2.45) is 5.92 Å². The van der Waals surface area contributed by atoms with Crippen LogP contribution in [0.5, 0.6) is 5.75 Å². The number of sulfonamides is 1. The molecule has 1 atom stereocenters. The van der Waals surface area contributed by atoms with E-state index in [4.69, 9.17) is 9.84 Å². The van der Waals surface area contributed by atoms with Crippen LogP contribution < -0.4 is 4.74 Å². The molecule has 0 unspecified atom stereocenters. The minimum atomic E-state index is -3.78. The van der Waals surface area contributed by atoms with Crippen molar-refractivity contribution in [3.8, 4) is 5.75 Å². The van der Waals surface area contributed by atoms with Gasteiger partial charge in [0.2, 0.25) is 10.0 Å². The lowest BCUT2D eigenvalue weighted by molar-refractivity contribution is -0.140. The molecule has 2 rings (SSSR count). The summed E-state index contributed by atoms with van der Waals surface area (Å²) in [4.78, 5) is 11.3. The van der Waals surface area contributed by atoms with Crippen molar-refractivity contribution in [1.29, 1.82) is 0 Å². The van der Waals surface area contributed by atoms with Gasteiger partial charge in [0.25, 0.3) is 0 Å². The molecule has 1 aliphatic heterocycles. The molecule has 7 heteroatoms. The molecule has 1 aromatic carbocycles. The van der Waals surface area contributed by atoms with Crippen molar-refractivity contribution >= 4 is 16.0 Å². The topological polar surface area (TPSA) is 83.9 Å². The van der Waals surface area contributed by atoms with E-state index in [0.29, 0.717) is 31.1 Å². The Hall–Kier alpha value is -1.60. The number of rotatable bonds is 6. The number of carboxylic acids is 1. The molecule has 0 saturated carbocycles. The van der Waals surface area contributed by atoms with Crippen molar-refractivity contribution in [3.63, 3.8) is 0 Å². The summed E-state index contributed by atoms with van der Waals surface area (Å²) in [5, 5.41) is 9.13. The Kier molecular flexibility index (Phi) is 5.08. The average Bonchev–Trinajstić information content (AvgIpc) is 2.96. The molecule has 0 aromatic heterocycles. The van der Waals surface area contributed by atoms with Crippen molar-refractivity contribution in [1.82, 2.24) is 4.31 Å². The number of hydrogen-bond acceptors (Lipinski definition) is 4. The molecule has 0 radical (unpaired) electrons. The first-order chi connectivity index (χ1) is 10.3. The van der Waals surface area contributed by atoms with Gasteiger partial charge in [0.15, 0.2) is 0 Å². The highest BCUT2D eigenvalue weighted by molar-refractivity contribution is 7.89. The second kappa shape index (κ2) is 6.66. The zero-order chi connectivity index (χ0) is 16.3. The van der Waals surface area contributed by atoms with Crippen LogP contribution in [0.2, 0.25) is 0 Å². The summed E-state index contributed by atoms with van der Waals surface area (Å²) in [6.45, 7) is 4.85. The van der Waals surface area contributed by atoms with Gasteiger partial charge in [-0.15, -0.1) is 0 Å². The molecule has 1 heterocycles. The molecule has 0 spiro atoms. The summed E-state index contributed by atoms with van der Waals surface area (Å²) in [6.07, 6.45) is 0.913. The van der Waals surface area contributed by atoms with Crippen LogP contribution in [0.15, 0.2) is 29.2 Å². The van der Waals surface area contributed by atoms with E-state index < -0.39 is 22.0 Å². The van der Waals surface area contributed by atoms with Gasteiger partial charge in [0.05, 0.1) is 11.5 Å². The SMILES string of the molecule is CC(C)COc1ccc(S(=O)(=O)N2CCC[C@H]2C(=O)O)cc1. The molecular formula is C15H21NO5S. The Bertz CT molecular complexity index is 624. The third-order valence-corrected chi connectivity index (χ3v) is 5.42. The van der Waals surface area contributed by atoms with Gasteiger partial charge >= 0.3 is 5.97 Å². The van der Waals surface area contributed by atoms with Gasteiger partial charge in [-0.05, 0) is 43.0 Å². The lowest BCUT2D eigenvalue weighted by Crippen LogP contribution is -2.40. The van der Waals surface area contributed by atoms with Crippen LogP contribution in [0.3, 0.4) is 0 Å². The lowest BCUT2D eigenvalue weighted by atomic mass is 10.2. The highest BCUT2D eigenvalue weighted by atomic mass is 32.2. The first-order valence-electron chi connectivity index (χ1n) is 7.30. The van der Waals surface area contributed by atoms with Crippen molar-refractivity contribution in [2.75, 3.05) is 13.2 Å². The molecule has 0 amide bonds. The molecule has 1 N–H and O–H groups in total. The minimum Gasteiger partial charge on any atom is -0.493 e. The predicted molar refractivity (Wildman–Crippen MR) is 81.3 cm³/mol. The fraction of sp³-hybridized carbons (Fsp3) is 0.533. The van der Waals surface area contributed by atoms with Gasteiger partial charge in [0.1, 0.15) is 11.8 Å². The first-order valence-corrected chi connectivity index (χ1v) is 8.74. The third-order valence-electron chi connectivity index (χ3n) is 3.50. The highest BCUT2D eigenvalue weighted by Gasteiger charge is 2.39. The number of nitrogens with zero attached hydrogens (tertiary/aromatic N) is 1. The number of aliphatic carboxylic acids is 1. The standard InChI is InChI=1S/C15H21NO5S/c1-11(2)10-21-12-5-7-13(8-6-12)22(19,20)16-9-3-4-14(16)15(17)18/h5-8,11,14H,3-4,9-10H2,1-2H3,(H,17,18)/t14-/m0/s1. The third kappa shape index (κ3) is 3.59. The molecule has 1 saturated heterocycles. The predicted octanol–water partition coefficient (Wildman–Crippen LogP) is 1.96. The largest absolute Gasteiger partial charge is 0.493 e. The fourth-order valence-electron chi connectivity index (χ4n) is 2.38. The number of carbonyl (C=O) groups is 1. The fourth-order valence-corrected chi connectivity index (χ4v) is 4.03. The van der Waals surface area contributed by atoms with Crippen LogP contribution in [-0.4, -0.2) is 43.0 Å². The van der Waals surface area contributed by atoms with Crippen LogP contribution in [0.25, 0.3) is 0 Å². The Balaban J connectivity index is 2.17. The van der Waals surface area contributed by atoms with Gasteiger partial charge in [-0.2, -0.15) is 4.31 Å². The van der Waals surface area contributed by atoms with E-state index in [9.17, 15) is 13.2 Å². The van der Waals surface area contributed by atoms with Gasteiger partial charge in [0, 0.05) is 6.54 Å². The Morgan fingerprint density at radius 1 is 1.36 bits per heavy atom. The van der Waals surface area contributed by atoms with Gasteiger partial charge in [-0.3, -0.25) is 4.79 Å². The summed E-state index contributed by atoms with van der Waals surface area (Å²) < 4.78 is 31.7. The van der Waals surface area contributed by atoms with E-state index in [1.54, 1.807) is 12.1 Å². The maximum Gasteiger partial charge on any atom is 0.322 e. The van der Waals surface area contributed by atoms with Crippen LogP contribution in [0, 0.1) is 5.92 Å². The Morgan fingerprint density at radius 3 is 2.55 bits per heavy atom. The van der Waals surface area contributed by atoms with Crippen molar-refractivity contribution in [3.05, 3.63) is 24.3 Å². The summed E-state index contributed by atoms with van der Waals surface area (Å²) in [5.41, 5.74) is 0. The smallest absolute Gasteiger partial charge is 0.322 e. The second-order valence-corrected chi connectivity index (χ2v) is 7.68. The van der Waals surface area contributed by atoms with Crippen molar-refractivity contribution in [2.45, 2.75) is 37.6 Å². The second-order valence-electron chi connectivity index (χ2n) is 5.79. The maximum atomic E-state index is 12.5. The summed E-state index contributed by atoms with van der Waals surface area (Å²) >= 11 is 0. The number of ether oxygens (including phenoxy) is 1. The molecule has 1 aliphatic rings. The van der Waals surface area contributed by atoms with E-state index >= 15 is 0 Å². The minimum absolute atomic E-state index is 0.0950. The summed E-state index contributed by atoms with van der Waals surface area (Å²) in [7, 11) is -3.78. The zero-order valence-electron chi connectivity index (χ0n) is 12.7. The van der Waals surface area contributed by atoms with Crippen LogP contribution >= 0.6 is 0 Å². The van der Waals surface area contributed by atoms with E-state index in [-0.39, 0.29) is 11.4 Å². The number of benzene rings is 1. The quantitative estimate of drug-likeness (QED) is 0.863. The van der Waals surface area contributed by atoms with E-state index in [1.807, 2.05) is 13.8 Å². The zero-order valence-corrected chi connectivity index (χ0v) is 13.5. The lowest BCUT2D eigenvalue weighted by Gasteiger charge is -2.21. The Labute approximate surface area is 130 Å². The van der Waals surface area contributed by atoms with E-state index in [2.05, 4.69) is 0 Å². The molecule has 1 aromatic rings. The maximum absolute atomic E-state index is 12.5. The monoisotopic (exact) mass is 327 g/mol. The molecule has 6 nitrogen and oxygen atoms in total. The van der Waals surface area contributed by atoms with Gasteiger partial charge in [-0.25, -0.2) is 8.42 Å². The number of hydrogen-bond donors (Lipinski definition) is 1. The normalized spacial score (nSPS) is 19.5. The molecule has 1 fully saturated rings. The van der Waals surface area contributed by atoms with Gasteiger partial charge in [-0.1, -0.05) is 13.8 Å². The summed E-state index contributed by atoms with van der Waals surface area (Å²) in [5.74, 6) is -0.119. The molecule has 0 bridgehead atoms. The first kappa shape index (κ1) is 16.8. The number of carboxylic acid groups (broad SMARTS) is 1.